The standard InChI is InChI=1S/C18H30N2O/c1-5-19-16-10-8-11-17(16)20(3)14(2)13-15-9-6-7-12-18(15)21-4/h6-7,9,12,14,16-17,19H,5,8,10-11,13H2,1-4H3. The van der Waals surface area contributed by atoms with E-state index in [0.29, 0.717) is 18.1 Å². The number of para-hydroxylation sites is 1. The van der Waals surface area contributed by atoms with Crippen LogP contribution in [-0.4, -0.2) is 43.7 Å². The molecule has 1 fully saturated rings. The molecule has 1 saturated carbocycles. The molecule has 3 nitrogen and oxygen atoms in total. The topological polar surface area (TPSA) is 24.5 Å². The maximum atomic E-state index is 5.48. The summed E-state index contributed by atoms with van der Waals surface area (Å²) in [4.78, 5) is 2.56. The van der Waals surface area contributed by atoms with Crippen molar-refractivity contribution >= 4 is 0 Å². The Morgan fingerprint density at radius 1 is 1.33 bits per heavy atom. The van der Waals surface area contributed by atoms with Crippen molar-refractivity contribution in [2.45, 2.75) is 57.7 Å². The molecule has 0 heterocycles. The van der Waals surface area contributed by atoms with E-state index in [1.165, 1.54) is 24.8 Å². The quantitative estimate of drug-likeness (QED) is 0.835. The fraction of sp³-hybridized carbons (Fsp3) is 0.667. The summed E-state index contributed by atoms with van der Waals surface area (Å²) in [6, 6.07) is 10.2. The van der Waals surface area contributed by atoms with Gasteiger partial charge < -0.3 is 10.1 Å². The molecule has 0 saturated heterocycles. The van der Waals surface area contributed by atoms with Crippen molar-refractivity contribution in [2.24, 2.45) is 0 Å². The van der Waals surface area contributed by atoms with E-state index < -0.39 is 0 Å². The fourth-order valence-electron chi connectivity index (χ4n) is 3.59. The maximum Gasteiger partial charge on any atom is 0.122 e. The van der Waals surface area contributed by atoms with Crippen LogP contribution in [0.2, 0.25) is 0 Å². The van der Waals surface area contributed by atoms with Crippen molar-refractivity contribution in [1.82, 2.24) is 10.2 Å². The Labute approximate surface area is 129 Å². The van der Waals surface area contributed by atoms with Crippen LogP contribution in [0.1, 0.15) is 38.7 Å². The number of nitrogens with zero attached hydrogens (tertiary/aromatic N) is 1. The van der Waals surface area contributed by atoms with Gasteiger partial charge in [0.05, 0.1) is 7.11 Å². The average Bonchev–Trinajstić information content (AvgIpc) is 2.95. The Balaban J connectivity index is 2.00. The zero-order chi connectivity index (χ0) is 15.2. The molecule has 118 valence electrons. The van der Waals surface area contributed by atoms with Gasteiger partial charge in [0, 0.05) is 18.1 Å². The van der Waals surface area contributed by atoms with Crippen LogP contribution in [0.25, 0.3) is 0 Å². The smallest absolute Gasteiger partial charge is 0.122 e. The Morgan fingerprint density at radius 2 is 2.10 bits per heavy atom. The Morgan fingerprint density at radius 3 is 2.81 bits per heavy atom. The summed E-state index contributed by atoms with van der Waals surface area (Å²) >= 11 is 0. The Kier molecular flexibility index (Phi) is 6.07. The van der Waals surface area contributed by atoms with Gasteiger partial charge in [0.2, 0.25) is 0 Å². The molecule has 2 rings (SSSR count). The van der Waals surface area contributed by atoms with Gasteiger partial charge in [-0.1, -0.05) is 31.5 Å². The van der Waals surface area contributed by atoms with Crippen LogP contribution < -0.4 is 10.1 Å². The van der Waals surface area contributed by atoms with E-state index in [0.717, 1.165) is 18.7 Å². The predicted molar refractivity (Wildman–Crippen MR) is 89.0 cm³/mol. The molecule has 1 aliphatic rings. The second-order valence-electron chi connectivity index (χ2n) is 6.19. The Hall–Kier alpha value is -1.06. The highest BCUT2D eigenvalue weighted by Crippen LogP contribution is 2.27. The summed E-state index contributed by atoms with van der Waals surface area (Å²) in [6.07, 6.45) is 5.00. The molecule has 1 N–H and O–H groups in total. The van der Waals surface area contributed by atoms with Crippen molar-refractivity contribution in [3.05, 3.63) is 29.8 Å². The first kappa shape index (κ1) is 16.3. The first-order chi connectivity index (χ1) is 10.2. The van der Waals surface area contributed by atoms with Gasteiger partial charge in [0.15, 0.2) is 0 Å². The number of hydrogen-bond acceptors (Lipinski definition) is 3. The van der Waals surface area contributed by atoms with Gasteiger partial charge in [-0.25, -0.2) is 0 Å². The SMILES string of the molecule is CCNC1CCCC1N(C)C(C)Cc1ccccc1OC. The molecular formula is C18H30N2O. The third-order valence-corrected chi connectivity index (χ3v) is 4.87. The molecule has 3 atom stereocenters. The van der Waals surface area contributed by atoms with E-state index in [1.54, 1.807) is 7.11 Å². The van der Waals surface area contributed by atoms with Gasteiger partial charge in [0.25, 0.3) is 0 Å². The van der Waals surface area contributed by atoms with Crippen molar-refractivity contribution < 1.29 is 4.74 Å². The molecule has 0 spiro atoms. The molecule has 0 aliphatic heterocycles. The first-order valence-corrected chi connectivity index (χ1v) is 8.24. The highest BCUT2D eigenvalue weighted by atomic mass is 16.5. The summed E-state index contributed by atoms with van der Waals surface area (Å²) < 4.78 is 5.48. The lowest BCUT2D eigenvalue weighted by Crippen LogP contribution is -2.48. The molecular weight excluding hydrogens is 260 g/mol. The molecule has 0 amide bonds. The number of ether oxygens (including phenoxy) is 1. The number of hydrogen-bond donors (Lipinski definition) is 1. The van der Waals surface area contributed by atoms with Gasteiger partial charge >= 0.3 is 0 Å². The van der Waals surface area contributed by atoms with Gasteiger partial charge in [-0.05, 0) is 51.4 Å². The normalized spacial score (nSPS) is 23.5. The number of methoxy groups -OCH3 is 1. The zero-order valence-electron chi connectivity index (χ0n) is 13.9. The van der Waals surface area contributed by atoms with Crippen LogP contribution in [0, 0.1) is 0 Å². The lowest BCUT2D eigenvalue weighted by atomic mass is 10.0. The minimum absolute atomic E-state index is 0.519. The fourth-order valence-corrected chi connectivity index (χ4v) is 3.59. The minimum Gasteiger partial charge on any atom is -0.496 e. The first-order valence-electron chi connectivity index (χ1n) is 8.24. The molecule has 0 radical (unpaired) electrons. The summed E-state index contributed by atoms with van der Waals surface area (Å²) in [5.74, 6) is 1.01. The molecule has 1 aromatic rings. The van der Waals surface area contributed by atoms with Gasteiger partial charge in [-0.2, -0.15) is 0 Å². The highest BCUT2D eigenvalue weighted by molar-refractivity contribution is 5.33. The molecule has 0 bridgehead atoms. The van der Waals surface area contributed by atoms with Crippen LogP contribution in [0.15, 0.2) is 24.3 Å². The summed E-state index contributed by atoms with van der Waals surface area (Å²) in [5.41, 5.74) is 1.30. The molecule has 3 heteroatoms. The third kappa shape index (κ3) is 3.98. The molecule has 1 aromatic carbocycles. The second kappa shape index (κ2) is 7.81. The summed E-state index contributed by atoms with van der Waals surface area (Å²) in [5, 5.41) is 3.65. The van der Waals surface area contributed by atoms with Gasteiger partial charge in [0.1, 0.15) is 5.75 Å². The van der Waals surface area contributed by atoms with Crippen LogP contribution in [0.3, 0.4) is 0 Å². The van der Waals surface area contributed by atoms with E-state index in [4.69, 9.17) is 4.74 Å². The van der Waals surface area contributed by atoms with Gasteiger partial charge in [-0.15, -0.1) is 0 Å². The average molecular weight is 290 g/mol. The predicted octanol–water partition coefficient (Wildman–Crippen LogP) is 3.09. The Bertz CT molecular complexity index is 435. The zero-order valence-corrected chi connectivity index (χ0v) is 13.9. The largest absolute Gasteiger partial charge is 0.496 e. The van der Waals surface area contributed by atoms with Crippen molar-refractivity contribution in [3.63, 3.8) is 0 Å². The van der Waals surface area contributed by atoms with Crippen molar-refractivity contribution in [2.75, 3.05) is 20.7 Å². The minimum atomic E-state index is 0.519. The second-order valence-corrected chi connectivity index (χ2v) is 6.19. The number of nitrogens with one attached hydrogen (secondary N) is 1. The van der Waals surface area contributed by atoms with E-state index in [2.05, 4.69) is 49.3 Å². The van der Waals surface area contributed by atoms with Crippen LogP contribution in [0.4, 0.5) is 0 Å². The van der Waals surface area contributed by atoms with E-state index in [9.17, 15) is 0 Å². The molecule has 21 heavy (non-hydrogen) atoms. The summed E-state index contributed by atoms with van der Waals surface area (Å²) in [7, 11) is 4.03. The molecule has 1 aliphatic carbocycles. The highest BCUT2D eigenvalue weighted by Gasteiger charge is 2.31. The number of rotatable bonds is 7. The van der Waals surface area contributed by atoms with Crippen LogP contribution in [0.5, 0.6) is 5.75 Å². The number of likely N-dealkylation sites (N-methyl/N-ethyl adjacent to an activating group) is 2. The van der Waals surface area contributed by atoms with E-state index in [-0.39, 0.29) is 0 Å². The van der Waals surface area contributed by atoms with Crippen LogP contribution >= 0.6 is 0 Å². The molecule has 3 unspecified atom stereocenters. The molecule has 0 aromatic heterocycles. The van der Waals surface area contributed by atoms with E-state index in [1.807, 2.05) is 6.07 Å². The number of benzene rings is 1. The summed E-state index contributed by atoms with van der Waals surface area (Å²) in [6.45, 7) is 5.59. The van der Waals surface area contributed by atoms with Crippen LogP contribution in [-0.2, 0) is 6.42 Å². The maximum absolute atomic E-state index is 5.48. The van der Waals surface area contributed by atoms with Crippen molar-refractivity contribution in [3.8, 4) is 5.75 Å². The van der Waals surface area contributed by atoms with Gasteiger partial charge in [-0.3, -0.25) is 4.90 Å². The van der Waals surface area contributed by atoms with Crippen molar-refractivity contribution in [1.29, 1.82) is 0 Å². The lowest BCUT2D eigenvalue weighted by Gasteiger charge is -2.35. The third-order valence-electron chi connectivity index (χ3n) is 4.87. The van der Waals surface area contributed by atoms with E-state index >= 15 is 0 Å². The monoisotopic (exact) mass is 290 g/mol. The lowest BCUT2D eigenvalue weighted by molar-refractivity contribution is 0.161.